The van der Waals surface area contributed by atoms with E-state index in [2.05, 4.69) is 13.2 Å². The van der Waals surface area contributed by atoms with Crippen LogP contribution >= 0.6 is 0 Å². The fourth-order valence-electron chi connectivity index (χ4n) is 1.23. The molecule has 13 heavy (non-hydrogen) atoms. The van der Waals surface area contributed by atoms with Gasteiger partial charge in [0.2, 0.25) is 0 Å². The van der Waals surface area contributed by atoms with Gasteiger partial charge in [0.05, 0.1) is 0 Å². The summed E-state index contributed by atoms with van der Waals surface area (Å²) in [6.07, 6.45) is 2.98. The molecule has 0 saturated heterocycles. The van der Waals surface area contributed by atoms with Crippen molar-refractivity contribution in [3.05, 3.63) is 47.4 Å². The zero-order valence-electron chi connectivity index (χ0n) is 7.49. The summed E-state index contributed by atoms with van der Waals surface area (Å²) >= 11 is 0. The van der Waals surface area contributed by atoms with Gasteiger partial charge in [-0.25, -0.2) is 0 Å². The van der Waals surface area contributed by atoms with Crippen LogP contribution in [0.4, 0.5) is 0 Å². The Morgan fingerprint density at radius 3 is 2.62 bits per heavy atom. The van der Waals surface area contributed by atoms with Crippen LogP contribution in [0, 0.1) is 0 Å². The first kappa shape index (κ1) is 9.46. The Bertz CT molecular complexity index is 415. The van der Waals surface area contributed by atoms with E-state index in [0.717, 1.165) is 22.3 Å². The van der Waals surface area contributed by atoms with E-state index >= 15 is 0 Å². The molecule has 0 heterocycles. The molecular formula is C12H12O. The van der Waals surface area contributed by atoms with Crippen LogP contribution in [0.1, 0.15) is 6.42 Å². The SMILES string of the molecule is C=C/C(CC=O)=c1/ccccc1=C. The third-order valence-electron chi connectivity index (χ3n) is 1.91. The van der Waals surface area contributed by atoms with E-state index in [0.29, 0.717) is 6.42 Å². The maximum absolute atomic E-state index is 10.4. The van der Waals surface area contributed by atoms with E-state index in [1.807, 2.05) is 24.3 Å². The van der Waals surface area contributed by atoms with Crippen molar-refractivity contribution in [2.75, 3.05) is 0 Å². The number of benzene rings is 1. The first-order chi connectivity index (χ1) is 6.29. The van der Waals surface area contributed by atoms with Crippen molar-refractivity contribution in [1.29, 1.82) is 0 Å². The second-order valence-electron chi connectivity index (χ2n) is 2.76. The van der Waals surface area contributed by atoms with Crippen molar-refractivity contribution < 1.29 is 4.79 Å². The van der Waals surface area contributed by atoms with Crippen LogP contribution in [0.15, 0.2) is 36.9 Å². The summed E-state index contributed by atoms with van der Waals surface area (Å²) in [7, 11) is 0. The molecule has 0 N–H and O–H groups in total. The third kappa shape index (κ3) is 2.15. The monoisotopic (exact) mass is 172 g/mol. The Morgan fingerprint density at radius 1 is 1.38 bits per heavy atom. The first-order valence-electron chi connectivity index (χ1n) is 4.13. The molecule has 1 nitrogen and oxygen atoms in total. The van der Waals surface area contributed by atoms with Crippen LogP contribution in [0.2, 0.25) is 0 Å². The Labute approximate surface area is 77.7 Å². The predicted molar refractivity (Wildman–Crippen MR) is 55.5 cm³/mol. The van der Waals surface area contributed by atoms with Gasteiger partial charge in [-0.1, -0.05) is 43.5 Å². The summed E-state index contributed by atoms with van der Waals surface area (Å²) in [5.41, 5.74) is 0.931. The van der Waals surface area contributed by atoms with Gasteiger partial charge in [0, 0.05) is 6.42 Å². The van der Waals surface area contributed by atoms with Crippen molar-refractivity contribution in [3.8, 4) is 0 Å². The summed E-state index contributed by atoms with van der Waals surface area (Å²) in [5.74, 6) is 0. The molecule has 0 spiro atoms. The molecule has 0 aliphatic rings. The molecule has 0 saturated carbocycles. The summed E-state index contributed by atoms with van der Waals surface area (Å²) < 4.78 is 0. The number of hydrogen-bond acceptors (Lipinski definition) is 1. The minimum Gasteiger partial charge on any atom is -0.303 e. The van der Waals surface area contributed by atoms with Crippen LogP contribution in [0.3, 0.4) is 0 Å². The lowest BCUT2D eigenvalue weighted by atomic mass is 10.1. The highest BCUT2D eigenvalue weighted by molar-refractivity contribution is 5.71. The largest absolute Gasteiger partial charge is 0.303 e. The summed E-state index contributed by atoms with van der Waals surface area (Å²) in [6, 6.07) is 7.72. The molecular weight excluding hydrogens is 160 g/mol. The summed E-state index contributed by atoms with van der Waals surface area (Å²) in [5, 5.41) is 1.93. The standard InChI is InChI=1S/C12H12O/c1-3-11(8-9-13)12-7-5-4-6-10(12)2/h3-7,9H,1-2,8H2/b12-11+. The fraction of sp³-hybridized carbons (Fsp3) is 0.0833. The topological polar surface area (TPSA) is 17.1 Å². The smallest absolute Gasteiger partial charge is 0.124 e. The van der Waals surface area contributed by atoms with Crippen LogP contribution in [0.25, 0.3) is 12.2 Å². The van der Waals surface area contributed by atoms with E-state index in [1.165, 1.54) is 0 Å². The van der Waals surface area contributed by atoms with E-state index in [9.17, 15) is 4.79 Å². The predicted octanol–water partition coefficient (Wildman–Crippen LogP) is 1.02. The molecule has 66 valence electrons. The van der Waals surface area contributed by atoms with Crippen molar-refractivity contribution >= 4 is 18.4 Å². The van der Waals surface area contributed by atoms with Crippen molar-refractivity contribution in [2.24, 2.45) is 0 Å². The highest BCUT2D eigenvalue weighted by Crippen LogP contribution is 1.96. The van der Waals surface area contributed by atoms with E-state index in [1.54, 1.807) is 6.08 Å². The van der Waals surface area contributed by atoms with E-state index in [4.69, 9.17) is 0 Å². The number of carbonyl (C=O) groups excluding carboxylic acids is 1. The maximum atomic E-state index is 10.4. The summed E-state index contributed by atoms with van der Waals surface area (Å²) in [4.78, 5) is 10.4. The van der Waals surface area contributed by atoms with Crippen LogP contribution < -0.4 is 10.4 Å². The molecule has 1 aromatic rings. The number of aldehydes is 1. The van der Waals surface area contributed by atoms with Gasteiger partial charge in [0.25, 0.3) is 0 Å². The number of carbonyl (C=O) groups is 1. The second kappa shape index (κ2) is 4.41. The van der Waals surface area contributed by atoms with Crippen LogP contribution in [0.5, 0.6) is 0 Å². The minimum atomic E-state index is 0.399. The zero-order valence-corrected chi connectivity index (χ0v) is 7.49. The van der Waals surface area contributed by atoms with Crippen molar-refractivity contribution in [1.82, 2.24) is 0 Å². The third-order valence-corrected chi connectivity index (χ3v) is 1.91. The Kier molecular flexibility index (Phi) is 3.21. The Balaban J connectivity index is 3.45. The lowest BCUT2D eigenvalue weighted by Gasteiger charge is -1.95. The first-order valence-corrected chi connectivity index (χ1v) is 4.13. The molecule has 0 aliphatic heterocycles. The molecule has 0 atom stereocenters. The second-order valence-corrected chi connectivity index (χ2v) is 2.76. The number of hydrogen-bond donors (Lipinski definition) is 0. The highest BCUT2D eigenvalue weighted by Gasteiger charge is 1.92. The molecule has 1 aromatic carbocycles. The van der Waals surface area contributed by atoms with E-state index in [-0.39, 0.29) is 0 Å². The average molecular weight is 172 g/mol. The number of rotatable bonds is 3. The molecule has 0 aliphatic carbocycles. The van der Waals surface area contributed by atoms with Gasteiger partial charge >= 0.3 is 0 Å². The molecule has 0 bridgehead atoms. The Morgan fingerprint density at radius 2 is 2.08 bits per heavy atom. The molecule has 1 heteroatoms. The maximum Gasteiger partial charge on any atom is 0.124 e. The normalized spacial score (nSPS) is 12.0. The van der Waals surface area contributed by atoms with Crippen molar-refractivity contribution in [3.63, 3.8) is 0 Å². The van der Waals surface area contributed by atoms with Gasteiger partial charge in [-0.3, -0.25) is 0 Å². The lowest BCUT2D eigenvalue weighted by molar-refractivity contribution is -0.107. The lowest BCUT2D eigenvalue weighted by Crippen LogP contribution is -2.24. The fourth-order valence-corrected chi connectivity index (χ4v) is 1.23. The van der Waals surface area contributed by atoms with Gasteiger partial charge in [0.1, 0.15) is 6.29 Å². The molecule has 0 radical (unpaired) electrons. The number of allylic oxidation sites excluding steroid dienone is 1. The van der Waals surface area contributed by atoms with Crippen LogP contribution in [-0.2, 0) is 4.79 Å². The molecule has 0 aromatic heterocycles. The van der Waals surface area contributed by atoms with Gasteiger partial charge in [-0.05, 0) is 16.0 Å². The highest BCUT2D eigenvalue weighted by atomic mass is 16.1. The average Bonchev–Trinajstić information content (AvgIpc) is 2.16. The molecule has 0 unspecified atom stereocenters. The molecule has 0 fully saturated rings. The van der Waals surface area contributed by atoms with Gasteiger partial charge in [-0.2, -0.15) is 0 Å². The van der Waals surface area contributed by atoms with Gasteiger partial charge in [0.15, 0.2) is 0 Å². The quantitative estimate of drug-likeness (QED) is 0.622. The zero-order chi connectivity index (χ0) is 9.68. The molecule has 1 rings (SSSR count). The van der Waals surface area contributed by atoms with Gasteiger partial charge < -0.3 is 4.79 Å². The minimum absolute atomic E-state index is 0.399. The van der Waals surface area contributed by atoms with Crippen molar-refractivity contribution in [2.45, 2.75) is 6.42 Å². The molecule has 0 amide bonds. The van der Waals surface area contributed by atoms with Gasteiger partial charge in [-0.15, -0.1) is 0 Å². The van der Waals surface area contributed by atoms with Crippen LogP contribution in [-0.4, -0.2) is 6.29 Å². The summed E-state index contributed by atoms with van der Waals surface area (Å²) in [6.45, 7) is 7.56. The Hall–Kier alpha value is -1.63. The van der Waals surface area contributed by atoms with E-state index < -0.39 is 0 Å².